The lowest BCUT2D eigenvalue weighted by Crippen LogP contribution is -2.40. The number of carbonyl (C=O) groups excluding carboxylic acids is 1. The average Bonchev–Trinajstić information content (AvgIpc) is 2.36. The van der Waals surface area contributed by atoms with Crippen molar-refractivity contribution in [2.45, 2.75) is 39.3 Å². The van der Waals surface area contributed by atoms with Gasteiger partial charge in [0.25, 0.3) is 0 Å². The summed E-state index contributed by atoms with van der Waals surface area (Å²) in [5.74, 6) is -0.853. The van der Waals surface area contributed by atoms with Crippen LogP contribution >= 0.6 is 0 Å². The Kier molecular flexibility index (Phi) is 5.85. The molecule has 0 saturated heterocycles. The van der Waals surface area contributed by atoms with Crippen LogP contribution in [0.1, 0.15) is 30.9 Å². The van der Waals surface area contributed by atoms with Crippen molar-refractivity contribution in [1.82, 2.24) is 10.6 Å². The molecule has 5 nitrogen and oxygen atoms in total. The summed E-state index contributed by atoms with van der Waals surface area (Å²) in [6, 6.07) is 7.47. The number of amides is 2. The molecule has 104 valence electrons. The molecule has 0 aliphatic rings. The summed E-state index contributed by atoms with van der Waals surface area (Å²) < 4.78 is 0. The second-order valence-electron chi connectivity index (χ2n) is 4.65. The fraction of sp³-hybridized carbons (Fsp3) is 0.429. The molecule has 0 fully saturated rings. The molecule has 2 amide bonds. The molecule has 1 aromatic carbocycles. The molecule has 0 radical (unpaired) electrons. The van der Waals surface area contributed by atoms with Gasteiger partial charge in [-0.2, -0.15) is 0 Å². The number of carbonyl (C=O) groups is 2. The second-order valence-corrected chi connectivity index (χ2v) is 4.65. The van der Waals surface area contributed by atoms with E-state index < -0.39 is 5.97 Å². The fourth-order valence-corrected chi connectivity index (χ4v) is 1.58. The summed E-state index contributed by atoms with van der Waals surface area (Å²) in [5, 5.41) is 14.0. The maximum atomic E-state index is 11.6. The molecule has 0 aliphatic heterocycles. The first kappa shape index (κ1) is 15.0. The van der Waals surface area contributed by atoms with E-state index in [4.69, 9.17) is 5.11 Å². The van der Waals surface area contributed by atoms with Crippen LogP contribution in [0.15, 0.2) is 24.3 Å². The Hall–Kier alpha value is -2.04. The Morgan fingerprint density at radius 1 is 1.26 bits per heavy atom. The standard InChI is InChI=1S/C14H20N2O3/c1-10-3-6-12(7-4-10)9-15-14(19)16-11(2)5-8-13(17)18/h3-4,6-7,11H,5,8-9H2,1-2H3,(H,17,18)(H2,15,16,19). The van der Waals surface area contributed by atoms with Crippen molar-refractivity contribution in [2.75, 3.05) is 0 Å². The average molecular weight is 264 g/mol. The number of carboxylic acid groups (broad SMARTS) is 1. The number of hydrogen-bond acceptors (Lipinski definition) is 2. The smallest absolute Gasteiger partial charge is 0.315 e. The van der Waals surface area contributed by atoms with E-state index >= 15 is 0 Å². The SMILES string of the molecule is Cc1ccc(CNC(=O)NC(C)CCC(=O)O)cc1. The van der Waals surface area contributed by atoms with Crippen LogP contribution in [-0.2, 0) is 11.3 Å². The van der Waals surface area contributed by atoms with Gasteiger partial charge in [-0.05, 0) is 25.8 Å². The molecule has 3 N–H and O–H groups in total. The molecule has 0 saturated carbocycles. The molecule has 1 rings (SSSR count). The lowest BCUT2D eigenvalue weighted by molar-refractivity contribution is -0.137. The Morgan fingerprint density at radius 3 is 2.47 bits per heavy atom. The van der Waals surface area contributed by atoms with E-state index in [9.17, 15) is 9.59 Å². The van der Waals surface area contributed by atoms with Gasteiger partial charge in [0, 0.05) is 19.0 Å². The zero-order chi connectivity index (χ0) is 14.3. The predicted molar refractivity (Wildman–Crippen MR) is 72.9 cm³/mol. The highest BCUT2D eigenvalue weighted by Crippen LogP contribution is 2.02. The molecule has 5 heteroatoms. The minimum atomic E-state index is -0.853. The van der Waals surface area contributed by atoms with Crippen molar-refractivity contribution in [3.05, 3.63) is 35.4 Å². The van der Waals surface area contributed by atoms with E-state index in [1.54, 1.807) is 6.92 Å². The van der Waals surface area contributed by atoms with Crippen molar-refractivity contribution in [3.63, 3.8) is 0 Å². The highest BCUT2D eigenvalue weighted by molar-refractivity contribution is 5.74. The zero-order valence-corrected chi connectivity index (χ0v) is 11.3. The maximum absolute atomic E-state index is 11.6. The van der Waals surface area contributed by atoms with Gasteiger partial charge in [0.2, 0.25) is 0 Å². The van der Waals surface area contributed by atoms with Gasteiger partial charge in [-0.3, -0.25) is 4.79 Å². The lowest BCUT2D eigenvalue weighted by atomic mass is 10.1. The minimum absolute atomic E-state index is 0.0550. The number of aryl methyl sites for hydroxylation is 1. The van der Waals surface area contributed by atoms with Crippen molar-refractivity contribution >= 4 is 12.0 Å². The van der Waals surface area contributed by atoms with E-state index in [0.29, 0.717) is 13.0 Å². The predicted octanol–water partition coefficient (Wildman–Crippen LogP) is 2.05. The topological polar surface area (TPSA) is 78.4 Å². The van der Waals surface area contributed by atoms with Crippen molar-refractivity contribution in [1.29, 1.82) is 0 Å². The van der Waals surface area contributed by atoms with E-state index in [1.807, 2.05) is 31.2 Å². The first-order valence-corrected chi connectivity index (χ1v) is 6.29. The van der Waals surface area contributed by atoms with Crippen LogP contribution in [0.3, 0.4) is 0 Å². The van der Waals surface area contributed by atoms with Crippen LogP contribution in [0.2, 0.25) is 0 Å². The molecule has 0 aliphatic carbocycles. The molecule has 0 bridgehead atoms. The van der Waals surface area contributed by atoms with Crippen LogP contribution < -0.4 is 10.6 Å². The second kappa shape index (κ2) is 7.41. The molecule has 0 aromatic heterocycles. The van der Waals surface area contributed by atoms with Crippen LogP contribution in [0.25, 0.3) is 0 Å². The Labute approximate surface area is 113 Å². The third kappa shape index (κ3) is 6.45. The highest BCUT2D eigenvalue weighted by Gasteiger charge is 2.08. The summed E-state index contributed by atoms with van der Waals surface area (Å²) in [6.45, 7) is 4.25. The largest absolute Gasteiger partial charge is 0.481 e. The number of rotatable bonds is 6. The normalized spacial score (nSPS) is 11.7. The van der Waals surface area contributed by atoms with Gasteiger partial charge in [0.05, 0.1) is 0 Å². The van der Waals surface area contributed by atoms with Gasteiger partial charge in [-0.1, -0.05) is 29.8 Å². The van der Waals surface area contributed by atoms with Gasteiger partial charge < -0.3 is 15.7 Å². The minimum Gasteiger partial charge on any atom is -0.481 e. The highest BCUT2D eigenvalue weighted by atomic mass is 16.4. The first-order valence-electron chi connectivity index (χ1n) is 6.29. The van der Waals surface area contributed by atoms with Crippen LogP contribution in [-0.4, -0.2) is 23.1 Å². The number of carboxylic acids is 1. The van der Waals surface area contributed by atoms with E-state index in [-0.39, 0.29) is 18.5 Å². The molecular formula is C14H20N2O3. The van der Waals surface area contributed by atoms with Gasteiger partial charge in [-0.15, -0.1) is 0 Å². The number of hydrogen-bond donors (Lipinski definition) is 3. The van der Waals surface area contributed by atoms with E-state index in [2.05, 4.69) is 10.6 Å². The quantitative estimate of drug-likeness (QED) is 0.735. The summed E-state index contributed by atoms with van der Waals surface area (Å²) in [6.07, 6.45) is 0.479. The summed E-state index contributed by atoms with van der Waals surface area (Å²) >= 11 is 0. The summed E-state index contributed by atoms with van der Waals surface area (Å²) in [7, 11) is 0. The third-order valence-corrected chi connectivity index (χ3v) is 2.74. The molecule has 1 aromatic rings. The van der Waals surface area contributed by atoms with Gasteiger partial charge in [-0.25, -0.2) is 4.79 Å². The molecular weight excluding hydrogens is 244 g/mol. The first-order chi connectivity index (χ1) is 8.97. The molecule has 1 atom stereocenters. The zero-order valence-electron chi connectivity index (χ0n) is 11.3. The Morgan fingerprint density at radius 2 is 1.89 bits per heavy atom. The van der Waals surface area contributed by atoms with Gasteiger partial charge in [0.1, 0.15) is 0 Å². The third-order valence-electron chi connectivity index (χ3n) is 2.74. The maximum Gasteiger partial charge on any atom is 0.315 e. The van der Waals surface area contributed by atoms with E-state index in [1.165, 1.54) is 5.56 Å². The van der Waals surface area contributed by atoms with Crippen LogP contribution in [0, 0.1) is 6.92 Å². The molecule has 0 heterocycles. The van der Waals surface area contributed by atoms with E-state index in [0.717, 1.165) is 5.56 Å². The Balaban J connectivity index is 2.27. The van der Waals surface area contributed by atoms with Crippen molar-refractivity contribution in [2.24, 2.45) is 0 Å². The van der Waals surface area contributed by atoms with Gasteiger partial charge >= 0.3 is 12.0 Å². The molecule has 0 spiro atoms. The fourth-order valence-electron chi connectivity index (χ4n) is 1.58. The monoisotopic (exact) mass is 264 g/mol. The van der Waals surface area contributed by atoms with Crippen molar-refractivity contribution in [3.8, 4) is 0 Å². The number of nitrogens with one attached hydrogen (secondary N) is 2. The number of urea groups is 1. The summed E-state index contributed by atoms with van der Waals surface area (Å²) in [5.41, 5.74) is 2.20. The van der Waals surface area contributed by atoms with Gasteiger partial charge in [0.15, 0.2) is 0 Å². The number of benzene rings is 1. The number of aliphatic carboxylic acids is 1. The van der Waals surface area contributed by atoms with Crippen LogP contribution in [0.4, 0.5) is 4.79 Å². The molecule has 1 unspecified atom stereocenters. The summed E-state index contributed by atoms with van der Waals surface area (Å²) in [4.78, 5) is 22.0. The molecule has 19 heavy (non-hydrogen) atoms. The van der Waals surface area contributed by atoms with Crippen molar-refractivity contribution < 1.29 is 14.7 Å². The van der Waals surface area contributed by atoms with Crippen LogP contribution in [0.5, 0.6) is 0 Å². The Bertz CT molecular complexity index is 429. The lowest BCUT2D eigenvalue weighted by Gasteiger charge is -2.13.